The summed E-state index contributed by atoms with van der Waals surface area (Å²) in [5.41, 5.74) is 0. The zero-order valence-corrected chi connectivity index (χ0v) is 13.5. The number of likely N-dealkylation sites (tertiary alicyclic amines) is 2. The first-order chi connectivity index (χ1) is 9.74. The predicted molar refractivity (Wildman–Crippen MR) is 81.9 cm³/mol. The van der Waals surface area contributed by atoms with Gasteiger partial charge in [-0.3, -0.25) is 0 Å². The van der Waals surface area contributed by atoms with E-state index in [1.165, 1.54) is 38.9 Å². The Balaban J connectivity index is 1.74. The lowest BCUT2D eigenvalue weighted by Crippen LogP contribution is -2.53. The van der Waals surface area contributed by atoms with E-state index in [0.717, 1.165) is 38.1 Å². The number of hydrogen-bond acceptors (Lipinski definition) is 4. The number of hydrogen-bond donors (Lipinski definition) is 0. The maximum atomic E-state index is 5.64. The summed E-state index contributed by atoms with van der Waals surface area (Å²) in [6.45, 7) is 10.4. The van der Waals surface area contributed by atoms with Gasteiger partial charge in [0.1, 0.15) is 0 Å². The van der Waals surface area contributed by atoms with Gasteiger partial charge in [-0.25, -0.2) is 0 Å². The van der Waals surface area contributed by atoms with Crippen LogP contribution in [0.15, 0.2) is 0 Å². The van der Waals surface area contributed by atoms with E-state index in [9.17, 15) is 0 Å². The molecule has 20 heavy (non-hydrogen) atoms. The summed E-state index contributed by atoms with van der Waals surface area (Å²) < 4.78 is 11.3. The van der Waals surface area contributed by atoms with Crippen LogP contribution in [-0.2, 0) is 9.47 Å². The number of fused-ring (bicyclic) bond motifs is 1. The van der Waals surface area contributed by atoms with E-state index in [1.807, 2.05) is 13.8 Å². The van der Waals surface area contributed by atoms with Gasteiger partial charge in [-0.1, -0.05) is 0 Å². The monoisotopic (exact) mass is 284 g/mol. The molecule has 2 saturated heterocycles. The Morgan fingerprint density at radius 1 is 1.10 bits per heavy atom. The highest BCUT2D eigenvalue weighted by Crippen LogP contribution is 2.29. The molecule has 2 aliphatic heterocycles. The van der Waals surface area contributed by atoms with Gasteiger partial charge in [-0.15, -0.1) is 0 Å². The standard InChI is InChI=1S/C16H32N2O2/c1-4-19-16(20-5-2)9-12-18-11-8-15-14(13-18)7-6-10-17(15)3/h14-16H,4-13H2,1-3H3. The SMILES string of the molecule is CCOC(CCN1CCC2C(CCCN2C)C1)OCC. The zero-order valence-electron chi connectivity index (χ0n) is 13.5. The number of rotatable bonds is 7. The molecule has 0 aliphatic carbocycles. The molecule has 0 spiro atoms. The molecule has 2 fully saturated rings. The van der Waals surface area contributed by atoms with Crippen LogP contribution in [0.5, 0.6) is 0 Å². The van der Waals surface area contributed by atoms with Crippen molar-refractivity contribution < 1.29 is 9.47 Å². The fourth-order valence-corrected chi connectivity index (χ4v) is 3.81. The number of piperidine rings is 2. The Kier molecular flexibility index (Phi) is 6.75. The summed E-state index contributed by atoms with van der Waals surface area (Å²) in [6.07, 6.45) is 5.08. The van der Waals surface area contributed by atoms with Crippen molar-refractivity contribution in [3.8, 4) is 0 Å². The average Bonchev–Trinajstić information content (AvgIpc) is 2.45. The molecule has 2 rings (SSSR count). The summed E-state index contributed by atoms with van der Waals surface area (Å²) in [5, 5.41) is 0. The van der Waals surface area contributed by atoms with E-state index in [2.05, 4.69) is 16.8 Å². The van der Waals surface area contributed by atoms with Crippen LogP contribution in [0, 0.1) is 5.92 Å². The first kappa shape index (κ1) is 16.2. The fourth-order valence-electron chi connectivity index (χ4n) is 3.81. The topological polar surface area (TPSA) is 24.9 Å². The van der Waals surface area contributed by atoms with E-state index >= 15 is 0 Å². The highest BCUT2D eigenvalue weighted by atomic mass is 16.7. The molecular formula is C16H32N2O2. The first-order valence-electron chi connectivity index (χ1n) is 8.40. The highest BCUT2D eigenvalue weighted by Gasteiger charge is 2.34. The minimum Gasteiger partial charge on any atom is -0.353 e. The molecule has 0 saturated carbocycles. The molecule has 2 atom stereocenters. The van der Waals surface area contributed by atoms with Crippen molar-refractivity contribution in [3.05, 3.63) is 0 Å². The molecule has 2 unspecified atom stereocenters. The third-order valence-corrected chi connectivity index (χ3v) is 4.82. The molecule has 118 valence electrons. The molecule has 0 aromatic heterocycles. The summed E-state index contributed by atoms with van der Waals surface area (Å²) in [5.74, 6) is 0.875. The molecule has 0 radical (unpaired) electrons. The van der Waals surface area contributed by atoms with Gasteiger partial charge >= 0.3 is 0 Å². The van der Waals surface area contributed by atoms with Crippen molar-refractivity contribution in [3.63, 3.8) is 0 Å². The van der Waals surface area contributed by atoms with Crippen molar-refractivity contribution in [2.24, 2.45) is 5.92 Å². The largest absolute Gasteiger partial charge is 0.353 e. The van der Waals surface area contributed by atoms with E-state index in [-0.39, 0.29) is 6.29 Å². The molecule has 2 aliphatic rings. The molecule has 0 bridgehead atoms. The zero-order chi connectivity index (χ0) is 14.4. The maximum absolute atomic E-state index is 5.64. The third-order valence-electron chi connectivity index (χ3n) is 4.82. The van der Waals surface area contributed by atoms with Crippen molar-refractivity contribution in [2.75, 3.05) is 46.4 Å². The summed E-state index contributed by atoms with van der Waals surface area (Å²) in [4.78, 5) is 5.19. The average molecular weight is 284 g/mol. The van der Waals surface area contributed by atoms with Crippen molar-refractivity contribution in [1.29, 1.82) is 0 Å². The van der Waals surface area contributed by atoms with Crippen LogP contribution in [0.2, 0.25) is 0 Å². The molecule has 2 heterocycles. The minimum atomic E-state index is -0.0169. The van der Waals surface area contributed by atoms with Gasteiger partial charge in [0.15, 0.2) is 6.29 Å². The second kappa shape index (κ2) is 8.32. The summed E-state index contributed by atoms with van der Waals surface area (Å²) in [6, 6.07) is 0.828. The Labute approximate surface area is 124 Å². The summed E-state index contributed by atoms with van der Waals surface area (Å²) in [7, 11) is 2.30. The molecule has 0 aromatic carbocycles. The van der Waals surface area contributed by atoms with Crippen LogP contribution in [0.25, 0.3) is 0 Å². The lowest BCUT2D eigenvalue weighted by molar-refractivity contribution is -0.142. The van der Waals surface area contributed by atoms with Gasteiger partial charge < -0.3 is 19.3 Å². The predicted octanol–water partition coefficient (Wildman–Crippen LogP) is 2.19. The first-order valence-corrected chi connectivity index (χ1v) is 8.40. The van der Waals surface area contributed by atoms with Crippen molar-refractivity contribution in [1.82, 2.24) is 9.80 Å². The van der Waals surface area contributed by atoms with Gasteiger partial charge in [0.2, 0.25) is 0 Å². The van der Waals surface area contributed by atoms with Gasteiger partial charge in [0.05, 0.1) is 0 Å². The van der Waals surface area contributed by atoms with Crippen LogP contribution >= 0.6 is 0 Å². The highest BCUT2D eigenvalue weighted by molar-refractivity contribution is 4.89. The quantitative estimate of drug-likeness (QED) is 0.669. The second-order valence-corrected chi connectivity index (χ2v) is 6.17. The second-order valence-electron chi connectivity index (χ2n) is 6.17. The van der Waals surface area contributed by atoms with Crippen LogP contribution in [0.4, 0.5) is 0 Å². The Bertz CT molecular complexity index is 269. The van der Waals surface area contributed by atoms with Gasteiger partial charge in [-0.05, 0) is 59.2 Å². The van der Waals surface area contributed by atoms with E-state index < -0.39 is 0 Å². The van der Waals surface area contributed by atoms with Crippen molar-refractivity contribution in [2.45, 2.75) is 51.9 Å². The van der Waals surface area contributed by atoms with Crippen LogP contribution in [-0.4, -0.2) is 68.6 Å². The van der Waals surface area contributed by atoms with Crippen molar-refractivity contribution >= 4 is 0 Å². The Morgan fingerprint density at radius 3 is 2.55 bits per heavy atom. The van der Waals surface area contributed by atoms with Gasteiger partial charge in [0, 0.05) is 38.8 Å². The van der Waals surface area contributed by atoms with E-state index in [1.54, 1.807) is 0 Å². The minimum absolute atomic E-state index is 0.0169. The number of nitrogens with zero attached hydrogens (tertiary/aromatic N) is 2. The van der Waals surface area contributed by atoms with Gasteiger partial charge in [0.25, 0.3) is 0 Å². The van der Waals surface area contributed by atoms with E-state index in [4.69, 9.17) is 9.47 Å². The molecular weight excluding hydrogens is 252 g/mol. The number of ether oxygens (including phenoxy) is 2. The third kappa shape index (κ3) is 4.42. The molecule has 0 amide bonds. The molecule has 4 heteroatoms. The smallest absolute Gasteiger partial charge is 0.158 e. The molecule has 4 nitrogen and oxygen atoms in total. The Hall–Kier alpha value is -0.160. The molecule has 0 N–H and O–H groups in total. The van der Waals surface area contributed by atoms with Gasteiger partial charge in [-0.2, -0.15) is 0 Å². The van der Waals surface area contributed by atoms with Crippen LogP contribution in [0.3, 0.4) is 0 Å². The van der Waals surface area contributed by atoms with Crippen LogP contribution in [0.1, 0.15) is 39.5 Å². The maximum Gasteiger partial charge on any atom is 0.158 e. The normalized spacial score (nSPS) is 28.8. The Morgan fingerprint density at radius 2 is 1.85 bits per heavy atom. The fraction of sp³-hybridized carbons (Fsp3) is 1.00. The van der Waals surface area contributed by atoms with E-state index in [0.29, 0.717) is 0 Å². The lowest BCUT2D eigenvalue weighted by Gasteiger charge is -2.46. The molecule has 0 aromatic rings. The lowest BCUT2D eigenvalue weighted by atomic mass is 9.84. The summed E-state index contributed by atoms with van der Waals surface area (Å²) >= 11 is 0. The van der Waals surface area contributed by atoms with Crippen LogP contribution < -0.4 is 0 Å².